The number of nitrogens with one attached hydrogen (secondary N) is 1. The fourth-order valence-electron chi connectivity index (χ4n) is 1.88. The van der Waals surface area contributed by atoms with Crippen LogP contribution in [0.15, 0.2) is 36.4 Å². The van der Waals surface area contributed by atoms with Crippen LogP contribution in [0.2, 0.25) is 0 Å². The van der Waals surface area contributed by atoms with Crippen LogP contribution in [0.4, 0.5) is 4.39 Å². The smallest absolute Gasteiger partial charge is 0.330 e. The summed E-state index contributed by atoms with van der Waals surface area (Å²) in [7, 11) is 1.30. The Kier molecular flexibility index (Phi) is 7.15. The van der Waals surface area contributed by atoms with E-state index >= 15 is 0 Å². The van der Waals surface area contributed by atoms with E-state index in [1.807, 2.05) is 6.92 Å². The van der Waals surface area contributed by atoms with Gasteiger partial charge in [-0.1, -0.05) is 31.2 Å². The van der Waals surface area contributed by atoms with Crippen molar-refractivity contribution in [2.75, 3.05) is 13.7 Å². The number of rotatable bonds is 7. The fourth-order valence-corrected chi connectivity index (χ4v) is 1.88. The van der Waals surface area contributed by atoms with E-state index in [9.17, 15) is 14.0 Å². The first-order valence-electron chi connectivity index (χ1n) is 6.80. The van der Waals surface area contributed by atoms with E-state index in [0.717, 1.165) is 0 Å². The molecule has 1 unspecified atom stereocenters. The SMILES string of the molecule is COC(=O)/C=C/CCNC(=O)CC(C)c1ccccc1F. The van der Waals surface area contributed by atoms with Gasteiger partial charge in [0.1, 0.15) is 5.82 Å². The summed E-state index contributed by atoms with van der Waals surface area (Å²) in [4.78, 5) is 22.6. The molecule has 1 aromatic rings. The molecule has 0 bridgehead atoms. The highest BCUT2D eigenvalue weighted by molar-refractivity contribution is 5.81. The number of esters is 1. The lowest BCUT2D eigenvalue weighted by atomic mass is 9.97. The lowest BCUT2D eigenvalue weighted by molar-refractivity contribution is -0.134. The van der Waals surface area contributed by atoms with Crippen LogP contribution in [-0.2, 0) is 14.3 Å². The molecule has 1 N–H and O–H groups in total. The standard InChI is InChI=1S/C16H20FNO3/c1-12(13-7-3-4-8-14(13)17)11-15(19)18-10-6-5-9-16(20)21-2/h3-5,7-9,12H,6,10-11H2,1-2H3,(H,18,19)/b9-5+. The summed E-state index contributed by atoms with van der Waals surface area (Å²) in [6.07, 6.45) is 3.71. The van der Waals surface area contributed by atoms with Gasteiger partial charge in [-0.25, -0.2) is 9.18 Å². The Morgan fingerprint density at radius 1 is 1.38 bits per heavy atom. The molecule has 0 aliphatic heterocycles. The largest absolute Gasteiger partial charge is 0.466 e. The number of hydrogen-bond donors (Lipinski definition) is 1. The number of methoxy groups -OCH3 is 1. The molecule has 1 atom stereocenters. The summed E-state index contributed by atoms with van der Waals surface area (Å²) in [6, 6.07) is 6.46. The number of carbonyl (C=O) groups excluding carboxylic acids is 2. The molecule has 1 amide bonds. The first-order chi connectivity index (χ1) is 10.0. The third kappa shape index (κ3) is 6.21. The van der Waals surface area contributed by atoms with E-state index < -0.39 is 5.97 Å². The summed E-state index contributed by atoms with van der Waals surface area (Å²) >= 11 is 0. The first-order valence-corrected chi connectivity index (χ1v) is 6.80. The second kappa shape index (κ2) is 8.89. The zero-order valence-electron chi connectivity index (χ0n) is 12.3. The van der Waals surface area contributed by atoms with Crippen LogP contribution in [0, 0.1) is 5.82 Å². The molecule has 0 aliphatic carbocycles. The third-order valence-corrected chi connectivity index (χ3v) is 3.02. The van der Waals surface area contributed by atoms with E-state index in [1.165, 1.54) is 19.3 Å². The Morgan fingerprint density at radius 3 is 2.76 bits per heavy atom. The molecular weight excluding hydrogens is 273 g/mol. The first kappa shape index (κ1) is 16.9. The zero-order valence-corrected chi connectivity index (χ0v) is 12.3. The van der Waals surface area contributed by atoms with Crippen LogP contribution in [-0.4, -0.2) is 25.5 Å². The predicted molar refractivity (Wildman–Crippen MR) is 78.2 cm³/mol. The van der Waals surface area contributed by atoms with Gasteiger partial charge in [-0.15, -0.1) is 0 Å². The predicted octanol–water partition coefficient (Wildman–Crippen LogP) is 2.55. The molecule has 5 heteroatoms. The van der Waals surface area contributed by atoms with E-state index in [-0.39, 0.29) is 24.1 Å². The average Bonchev–Trinajstić information content (AvgIpc) is 2.46. The van der Waals surface area contributed by atoms with E-state index in [1.54, 1.807) is 24.3 Å². The molecule has 0 saturated heterocycles. The molecule has 21 heavy (non-hydrogen) atoms. The minimum absolute atomic E-state index is 0.141. The molecule has 0 spiro atoms. The van der Waals surface area contributed by atoms with E-state index in [0.29, 0.717) is 18.5 Å². The highest BCUT2D eigenvalue weighted by Crippen LogP contribution is 2.21. The summed E-state index contributed by atoms with van der Waals surface area (Å²) < 4.78 is 18.0. The fraction of sp³-hybridized carbons (Fsp3) is 0.375. The molecule has 0 radical (unpaired) electrons. The summed E-state index contributed by atoms with van der Waals surface area (Å²) in [5, 5.41) is 2.73. The highest BCUT2D eigenvalue weighted by Gasteiger charge is 2.13. The lowest BCUT2D eigenvalue weighted by Crippen LogP contribution is -2.25. The lowest BCUT2D eigenvalue weighted by Gasteiger charge is -2.12. The van der Waals surface area contributed by atoms with Crippen molar-refractivity contribution in [1.82, 2.24) is 5.32 Å². The molecule has 0 aliphatic rings. The molecule has 1 rings (SSSR count). The van der Waals surface area contributed by atoms with Gasteiger partial charge < -0.3 is 10.1 Å². The monoisotopic (exact) mass is 293 g/mol. The number of ether oxygens (including phenoxy) is 1. The quantitative estimate of drug-likeness (QED) is 0.477. The maximum absolute atomic E-state index is 13.6. The van der Waals surface area contributed by atoms with Crippen molar-refractivity contribution in [1.29, 1.82) is 0 Å². The summed E-state index contributed by atoms with van der Waals surface area (Å²) in [6.45, 7) is 2.24. The summed E-state index contributed by atoms with van der Waals surface area (Å²) in [5.41, 5.74) is 0.540. The Hall–Kier alpha value is -2.17. The van der Waals surface area contributed by atoms with Gasteiger partial charge in [0.2, 0.25) is 5.91 Å². The van der Waals surface area contributed by atoms with Crippen molar-refractivity contribution in [3.8, 4) is 0 Å². The van der Waals surface area contributed by atoms with Crippen molar-refractivity contribution in [3.63, 3.8) is 0 Å². The number of benzene rings is 1. The van der Waals surface area contributed by atoms with Crippen molar-refractivity contribution < 1.29 is 18.7 Å². The number of halogens is 1. The second-order valence-electron chi connectivity index (χ2n) is 4.69. The maximum Gasteiger partial charge on any atom is 0.330 e. The molecule has 4 nitrogen and oxygen atoms in total. The Labute approximate surface area is 124 Å². The number of carbonyl (C=O) groups is 2. The van der Waals surface area contributed by atoms with Crippen molar-refractivity contribution >= 4 is 11.9 Å². The van der Waals surface area contributed by atoms with Crippen molar-refractivity contribution in [3.05, 3.63) is 47.8 Å². The van der Waals surface area contributed by atoms with Gasteiger partial charge in [-0.05, 0) is 24.0 Å². The van der Waals surface area contributed by atoms with E-state index in [4.69, 9.17) is 0 Å². The average molecular weight is 293 g/mol. The molecule has 114 valence electrons. The van der Waals surface area contributed by atoms with Crippen LogP contribution in [0.1, 0.15) is 31.2 Å². The van der Waals surface area contributed by atoms with Crippen molar-refractivity contribution in [2.45, 2.75) is 25.7 Å². The van der Waals surface area contributed by atoms with Gasteiger partial charge in [0.25, 0.3) is 0 Å². The number of hydrogen-bond acceptors (Lipinski definition) is 3. The van der Waals surface area contributed by atoms with Gasteiger partial charge in [0.15, 0.2) is 0 Å². The third-order valence-electron chi connectivity index (χ3n) is 3.02. The van der Waals surface area contributed by atoms with Crippen LogP contribution in [0.5, 0.6) is 0 Å². The highest BCUT2D eigenvalue weighted by atomic mass is 19.1. The van der Waals surface area contributed by atoms with Crippen LogP contribution in [0.25, 0.3) is 0 Å². The van der Waals surface area contributed by atoms with Gasteiger partial charge in [0.05, 0.1) is 7.11 Å². The van der Waals surface area contributed by atoms with Crippen LogP contribution in [0.3, 0.4) is 0 Å². The van der Waals surface area contributed by atoms with E-state index in [2.05, 4.69) is 10.1 Å². The topological polar surface area (TPSA) is 55.4 Å². The maximum atomic E-state index is 13.6. The molecule has 0 fully saturated rings. The molecular formula is C16H20FNO3. The molecule has 0 aromatic heterocycles. The Morgan fingerprint density at radius 2 is 2.10 bits per heavy atom. The van der Waals surface area contributed by atoms with Gasteiger partial charge in [-0.3, -0.25) is 4.79 Å². The minimum atomic E-state index is -0.422. The minimum Gasteiger partial charge on any atom is -0.466 e. The zero-order chi connectivity index (χ0) is 15.7. The Balaban J connectivity index is 2.32. The van der Waals surface area contributed by atoms with Crippen LogP contribution >= 0.6 is 0 Å². The normalized spacial score (nSPS) is 12.1. The van der Waals surface area contributed by atoms with Gasteiger partial charge in [-0.2, -0.15) is 0 Å². The Bertz CT molecular complexity index is 514. The molecule has 1 aromatic carbocycles. The number of amides is 1. The summed E-state index contributed by atoms with van der Waals surface area (Å²) in [5.74, 6) is -1.04. The second-order valence-corrected chi connectivity index (χ2v) is 4.69. The van der Waals surface area contributed by atoms with Gasteiger partial charge >= 0.3 is 5.97 Å². The molecule has 0 saturated carbocycles. The van der Waals surface area contributed by atoms with Crippen molar-refractivity contribution in [2.24, 2.45) is 0 Å². The van der Waals surface area contributed by atoms with Crippen LogP contribution < -0.4 is 5.32 Å². The molecule has 0 heterocycles. The van der Waals surface area contributed by atoms with Gasteiger partial charge in [0, 0.05) is 19.0 Å².